The Morgan fingerprint density at radius 3 is 0.774 bits per heavy atom. The first-order chi connectivity index (χ1) is 25.2. The van der Waals surface area contributed by atoms with Gasteiger partial charge in [0.1, 0.15) is 0 Å². The standard InChI is InChI=1S/2C21H36O5.Ti/c2*1-5-8-16-23-21(24-17-9-6-2,25-18-10-7-3)20(4,26-22)19-14-12-11-13-15-19;/h2*11-15,22H,5-10,16-18H2,1-4H3;/q;;+2/p-2. The van der Waals surface area contributed by atoms with E-state index in [1.165, 1.54) is 0 Å². The molecule has 0 saturated carbocycles. The molecular formula is C42H70O10Ti. The second-order valence-electron chi connectivity index (χ2n) is 13.3. The van der Waals surface area contributed by atoms with Gasteiger partial charge in [-0.2, -0.15) is 0 Å². The Morgan fingerprint density at radius 2 is 0.604 bits per heavy atom. The van der Waals surface area contributed by atoms with Crippen LogP contribution in [0.25, 0.3) is 0 Å². The molecule has 10 nitrogen and oxygen atoms in total. The van der Waals surface area contributed by atoms with E-state index in [0.717, 1.165) is 77.0 Å². The van der Waals surface area contributed by atoms with E-state index >= 15 is 0 Å². The fourth-order valence-corrected chi connectivity index (χ4v) is 5.25. The van der Waals surface area contributed by atoms with Crippen molar-refractivity contribution in [3.05, 3.63) is 71.8 Å². The molecule has 0 aromatic heterocycles. The van der Waals surface area contributed by atoms with Gasteiger partial charge in [-0.15, -0.1) is 0 Å². The average Bonchev–Trinajstić information content (AvgIpc) is 3.18. The number of hydrogen-bond donors (Lipinski definition) is 0. The largest absolute Gasteiger partial charge is 2.00 e. The van der Waals surface area contributed by atoms with E-state index < -0.39 is 23.1 Å². The Morgan fingerprint density at radius 1 is 0.396 bits per heavy atom. The smallest absolute Gasteiger partial charge is 0.722 e. The second-order valence-corrected chi connectivity index (χ2v) is 13.3. The molecule has 0 heterocycles. The molecule has 0 amide bonds. The predicted octanol–water partition coefficient (Wildman–Crippen LogP) is 8.59. The first kappa shape index (κ1) is 51.8. The molecule has 0 saturated heterocycles. The zero-order valence-electron chi connectivity index (χ0n) is 34.1. The molecule has 302 valence electrons. The van der Waals surface area contributed by atoms with Crippen molar-refractivity contribution in [2.75, 3.05) is 39.6 Å². The maximum absolute atomic E-state index is 12.0. The minimum Gasteiger partial charge on any atom is -0.722 e. The monoisotopic (exact) mass is 782 g/mol. The fraction of sp³-hybridized carbons (Fsp3) is 0.714. The molecule has 0 radical (unpaired) electrons. The molecule has 0 aliphatic heterocycles. The van der Waals surface area contributed by atoms with Gasteiger partial charge >= 0.3 is 33.7 Å². The van der Waals surface area contributed by atoms with Gasteiger partial charge in [0.05, 0.1) is 39.6 Å². The number of benzene rings is 2. The van der Waals surface area contributed by atoms with Crippen LogP contribution in [-0.2, 0) is 71.1 Å². The van der Waals surface area contributed by atoms with Crippen LogP contribution in [0, 0.1) is 0 Å². The van der Waals surface area contributed by atoms with E-state index in [4.69, 9.17) is 38.2 Å². The molecule has 2 aromatic rings. The van der Waals surface area contributed by atoms with Crippen molar-refractivity contribution < 1.29 is 70.4 Å². The number of ether oxygens (including phenoxy) is 6. The molecule has 0 fully saturated rings. The molecule has 2 rings (SSSR count). The van der Waals surface area contributed by atoms with Crippen molar-refractivity contribution in [2.24, 2.45) is 0 Å². The van der Waals surface area contributed by atoms with E-state index in [0.29, 0.717) is 50.8 Å². The van der Waals surface area contributed by atoms with Crippen LogP contribution in [0.1, 0.15) is 144 Å². The van der Waals surface area contributed by atoms with Crippen LogP contribution in [0.3, 0.4) is 0 Å². The van der Waals surface area contributed by atoms with E-state index in [1.54, 1.807) is 13.8 Å². The van der Waals surface area contributed by atoms with Gasteiger partial charge in [-0.3, -0.25) is 0 Å². The summed E-state index contributed by atoms with van der Waals surface area (Å²) in [5.74, 6) is -3.15. The van der Waals surface area contributed by atoms with Crippen molar-refractivity contribution >= 4 is 0 Å². The van der Waals surface area contributed by atoms with E-state index in [2.05, 4.69) is 41.5 Å². The van der Waals surface area contributed by atoms with E-state index in [9.17, 15) is 10.5 Å². The summed E-state index contributed by atoms with van der Waals surface area (Å²) in [6.07, 6.45) is 10.9. The quantitative estimate of drug-likeness (QED) is 0.0251. The van der Waals surface area contributed by atoms with Gasteiger partial charge in [-0.1, -0.05) is 141 Å². The maximum Gasteiger partial charge on any atom is 2.00 e. The summed E-state index contributed by atoms with van der Waals surface area (Å²) in [6.45, 7) is 18.5. The third-order valence-electron chi connectivity index (χ3n) is 8.89. The molecule has 0 aliphatic rings. The minimum absolute atomic E-state index is 0. The van der Waals surface area contributed by atoms with Crippen LogP contribution in [0.15, 0.2) is 60.7 Å². The minimum atomic E-state index is -1.57. The van der Waals surface area contributed by atoms with E-state index in [1.807, 2.05) is 60.7 Å². The molecule has 2 unspecified atom stereocenters. The van der Waals surface area contributed by atoms with Gasteiger partial charge in [0.15, 0.2) is 11.2 Å². The molecule has 11 heteroatoms. The summed E-state index contributed by atoms with van der Waals surface area (Å²) in [5, 5.41) is 23.9. The van der Waals surface area contributed by atoms with Crippen LogP contribution in [0.2, 0.25) is 0 Å². The van der Waals surface area contributed by atoms with Crippen LogP contribution < -0.4 is 10.5 Å². The number of rotatable bonds is 30. The Hall–Kier alpha value is -1.25. The normalized spacial score (nSPS) is 14.1. The summed E-state index contributed by atoms with van der Waals surface area (Å²) in [4.78, 5) is 9.51. The molecule has 0 spiro atoms. The van der Waals surface area contributed by atoms with Gasteiger partial charge < -0.3 is 48.7 Å². The van der Waals surface area contributed by atoms with Crippen LogP contribution >= 0.6 is 0 Å². The predicted molar refractivity (Wildman–Crippen MR) is 200 cm³/mol. The van der Waals surface area contributed by atoms with E-state index in [-0.39, 0.29) is 21.7 Å². The maximum atomic E-state index is 12.0. The first-order valence-electron chi connectivity index (χ1n) is 19.8. The number of hydrogen-bond acceptors (Lipinski definition) is 10. The first-order valence-corrected chi connectivity index (χ1v) is 19.8. The van der Waals surface area contributed by atoms with Gasteiger partial charge in [0.25, 0.3) is 0 Å². The van der Waals surface area contributed by atoms with Crippen molar-refractivity contribution in [1.82, 2.24) is 0 Å². The third-order valence-corrected chi connectivity index (χ3v) is 8.89. The van der Waals surface area contributed by atoms with Crippen molar-refractivity contribution in [1.29, 1.82) is 0 Å². The number of unbranched alkanes of at least 4 members (excludes halogenated alkanes) is 6. The molecule has 0 N–H and O–H groups in total. The zero-order chi connectivity index (χ0) is 38.6. The summed E-state index contributed by atoms with van der Waals surface area (Å²) in [7, 11) is 0. The molecule has 0 bridgehead atoms. The molecule has 2 atom stereocenters. The van der Waals surface area contributed by atoms with Gasteiger partial charge in [-0.05, 0) is 63.5 Å². The van der Waals surface area contributed by atoms with Gasteiger partial charge in [0, 0.05) is 0 Å². The van der Waals surface area contributed by atoms with Gasteiger partial charge in [0.2, 0.25) is 0 Å². The Bertz CT molecular complexity index is 971. The third kappa shape index (κ3) is 16.0. The average molecular weight is 783 g/mol. The van der Waals surface area contributed by atoms with Crippen LogP contribution in [-0.4, -0.2) is 51.6 Å². The summed E-state index contributed by atoms with van der Waals surface area (Å²) >= 11 is 0. The Labute approximate surface area is 336 Å². The fourth-order valence-electron chi connectivity index (χ4n) is 5.25. The van der Waals surface area contributed by atoms with Crippen molar-refractivity contribution in [2.45, 2.75) is 156 Å². The molecular weight excluding hydrogens is 712 g/mol. The molecule has 53 heavy (non-hydrogen) atoms. The zero-order valence-corrected chi connectivity index (χ0v) is 35.6. The summed E-state index contributed by atoms with van der Waals surface area (Å²) < 4.78 is 36.6. The second kappa shape index (κ2) is 30.0. The topological polar surface area (TPSA) is 120 Å². The summed E-state index contributed by atoms with van der Waals surface area (Å²) in [6, 6.07) is 18.6. The molecule has 2 aromatic carbocycles. The van der Waals surface area contributed by atoms with Crippen molar-refractivity contribution in [3.63, 3.8) is 0 Å². The van der Waals surface area contributed by atoms with Crippen molar-refractivity contribution in [3.8, 4) is 0 Å². The van der Waals surface area contributed by atoms with Crippen LogP contribution in [0.4, 0.5) is 0 Å². The Kier molecular flexibility index (Phi) is 29.3. The van der Waals surface area contributed by atoms with Crippen LogP contribution in [0.5, 0.6) is 0 Å². The van der Waals surface area contributed by atoms with Gasteiger partial charge in [-0.25, -0.2) is 0 Å². The SMILES string of the molecule is CCCCOC(OCCCC)(OCCCC)C(C)(O[O-])c1ccccc1.CCCCOC(OCCCC)(OCCCC)C(C)(O[O-])c1ccccc1.[Ti+2]. The molecule has 0 aliphatic carbocycles. The Balaban J connectivity index is 0.00000100. The summed E-state index contributed by atoms with van der Waals surface area (Å²) in [5.41, 5.74) is -1.52.